The van der Waals surface area contributed by atoms with Crippen molar-refractivity contribution < 1.29 is 14.8 Å². The number of nitro groups is 1. The van der Waals surface area contributed by atoms with Crippen LogP contribution in [0.2, 0.25) is 0 Å². The van der Waals surface area contributed by atoms with Crippen molar-refractivity contribution in [3.63, 3.8) is 0 Å². The average molecular weight is 232 g/mol. The van der Waals surface area contributed by atoms with Crippen LogP contribution in [0.4, 0.5) is 5.69 Å². The van der Waals surface area contributed by atoms with Crippen LogP contribution in [-0.2, 0) is 6.61 Å². The third kappa shape index (κ3) is 3.38. The molecule has 0 spiro atoms. The van der Waals surface area contributed by atoms with Gasteiger partial charge in [-0.1, -0.05) is 0 Å². The largest absolute Gasteiger partial charge is 0.492 e. The van der Waals surface area contributed by atoms with E-state index >= 15 is 0 Å². The molecule has 0 heterocycles. The van der Waals surface area contributed by atoms with Crippen molar-refractivity contribution in [1.29, 1.82) is 0 Å². The molecule has 6 heteroatoms. The van der Waals surface area contributed by atoms with Gasteiger partial charge in [0.15, 0.2) is 0 Å². The summed E-state index contributed by atoms with van der Waals surface area (Å²) < 4.78 is 5.14. The van der Waals surface area contributed by atoms with Crippen LogP contribution >= 0.6 is 11.6 Å². The fourth-order valence-corrected chi connectivity index (χ4v) is 1.16. The second-order valence-electron chi connectivity index (χ2n) is 2.79. The molecule has 0 aliphatic heterocycles. The molecular weight excluding hydrogens is 222 g/mol. The molecule has 0 saturated heterocycles. The number of aliphatic hydroxyl groups is 1. The van der Waals surface area contributed by atoms with Gasteiger partial charge in [0.2, 0.25) is 0 Å². The standard InChI is InChI=1S/C9H10ClNO4/c10-1-2-15-9-4-7(6-12)3-8(5-9)11(13)14/h3-5,12H,1-2,6H2. The van der Waals surface area contributed by atoms with E-state index in [2.05, 4.69) is 0 Å². The molecule has 0 bridgehead atoms. The van der Waals surface area contributed by atoms with E-state index in [1.54, 1.807) is 6.07 Å². The lowest BCUT2D eigenvalue weighted by atomic mass is 10.2. The van der Waals surface area contributed by atoms with Crippen LogP contribution < -0.4 is 4.74 Å². The molecule has 1 N–H and O–H groups in total. The van der Waals surface area contributed by atoms with Gasteiger partial charge in [-0.2, -0.15) is 0 Å². The lowest BCUT2D eigenvalue weighted by molar-refractivity contribution is -0.385. The Morgan fingerprint density at radius 3 is 2.73 bits per heavy atom. The first-order chi connectivity index (χ1) is 7.17. The molecule has 0 amide bonds. The van der Waals surface area contributed by atoms with Crippen molar-refractivity contribution in [2.75, 3.05) is 12.5 Å². The van der Waals surface area contributed by atoms with E-state index < -0.39 is 4.92 Å². The third-order valence-electron chi connectivity index (χ3n) is 1.69. The summed E-state index contributed by atoms with van der Waals surface area (Å²) in [6.07, 6.45) is 0. The molecule has 5 nitrogen and oxygen atoms in total. The maximum Gasteiger partial charge on any atom is 0.273 e. The Morgan fingerprint density at radius 1 is 1.47 bits per heavy atom. The van der Waals surface area contributed by atoms with Gasteiger partial charge in [-0.05, 0) is 11.6 Å². The van der Waals surface area contributed by atoms with Crippen LogP contribution in [0.3, 0.4) is 0 Å². The van der Waals surface area contributed by atoms with Crippen LogP contribution in [0.25, 0.3) is 0 Å². The van der Waals surface area contributed by atoms with Crippen LogP contribution in [-0.4, -0.2) is 22.5 Å². The van der Waals surface area contributed by atoms with Gasteiger partial charge in [-0.15, -0.1) is 11.6 Å². The number of halogens is 1. The molecule has 0 aliphatic rings. The lowest BCUT2D eigenvalue weighted by Gasteiger charge is -2.05. The molecule has 15 heavy (non-hydrogen) atoms. The number of non-ortho nitro benzene ring substituents is 1. The molecule has 0 unspecified atom stereocenters. The van der Waals surface area contributed by atoms with Gasteiger partial charge in [-0.3, -0.25) is 10.1 Å². The number of nitrogens with zero attached hydrogens (tertiary/aromatic N) is 1. The van der Waals surface area contributed by atoms with Crippen molar-refractivity contribution in [2.45, 2.75) is 6.61 Å². The third-order valence-corrected chi connectivity index (χ3v) is 1.84. The number of hydrogen-bond acceptors (Lipinski definition) is 4. The van der Waals surface area contributed by atoms with Gasteiger partial charge in [0.1, 0.15) is 12.4 Å². The number of alkyl halides is 1. The number of benzene rings is 1. The van der Waals surface area contributed by atoms with E-state index in [9.17, 15) is 10.1 Å². The molecule has 0 radical (unpaired) electrons. The minimum atomic E-state index is -0.535. The van der Waals surface area contributed by atoms with Gasteiger partial charge >= 0.3 is 0 Å². The highest BCUT2D eigenvalue weighted by Gasteiger charge is 2.09. The first-order valence-electron chi connectivity index (χ1n) is 4.25. The monoisotopic (exact) mass is 231 g/mol. The molecule has 1 aromatic rings. The summed E-state index contributed by atoms with van der Waals surface area (Å²) in [5.41, 5.74) is 0.333. The quantitative estimate of drug-likeness (QED) is 0.476. The van der Waals surface area contributed by atoms with Crippen LogP contribution in [0.15, 0.2) is 18.2 Å². The molecule has 0 aliphatic carbocycles. The minimum Gasteiger partial charge on any atom is -0.492 e. The normalized spacial score (nSPS) is 10.0. The Labute approximate surface area is 91.4 Å². The van der Waals surface area contributed by atoms with Crippen molar-refractivity contribution >= 4 is 17.3 Å². The lowest BCUT2D eigenvalue weighted by Crippen LogP contribution is -2.00. The molecule has 1 rings (SSSR count). The Morgan fingerprint density at radius 2 is 2.20 bits per heavy atom. The van der Waals surface area contributed by atoms with E-state index in [-0.39, 0.29) is 18.9 Å². The number of aliphatic hydroxyl groups excluding tert-OH is 1. The fraction of sp³-hybridized carbons (Fsp3) is 0.333. The minimum absolute atomic E-state index is 0.105. The number of hydrogen-bond donors (Lipinski definition) is 1. The molecule has 0 saturated carbocycles. The zero-order valence-corrected chi connectivity index (χ0v) is 8.61. The maximum absolute atomic E-state index is 10.5. The molecule has 1 aromatic carbocycles. The predicted molar refractivity (Wildman–Crippen MR) is 55.2 cm³/mol. The average Bonchev–Trinajstić information content (AvgIpc) is 2.25. The summed E-state index contributed by atoms with van der Waals surface area (Å²) in [5.74, 6) is 0.644. The van der Waals surface area contributed by atoms with Crippen LogP contribution in [0.1, 0.15) is 5.56 Å². The van der Waals surface area contributed by atoms with Gasteiger partial charge in [0, 0.05) is 6.07 Å². The number of nitro benzene ring substituents is 1. The van der Waals surface area contributed by atoms with E-state index in [0.717, 1.165) is 0 Å². The highest BCUT2D eigenvalue weighted by molar-refractivity contribution is 6.18. The second-order valence-corrected chi connectivity index (χ2v) is 3.17. The summed E-state index contributed by atoms with van der Waals surface area (Å²) in [6, 6.07) is 4.14. The predicted octanol–water partition coefficient (Wildman–Crippen LogP) is 1.70. The van der Waals surface area contributed by atoms with Crippen molar-refractivity contribution in [1.82, 2.24) is 0 Å². The topological polar surface area (TPSA) is 72.6 Å². The SMILES string of the molecule is O=[N+]([O-])c1cc(CO)cc(OCCCl)c1. The van der Waals surface area contributed by atoms with E-state index in [4.69, 9.17) is 21.4 Å². The fourth-order valence-electron chi connectivity index (χ4n) is 1.08. The molecule has 0 aromatic heterocycles. The molecule has 0 fully saturated rings. The molecule has 82 valence electrons. The van der Waals surface area contributed by atoms with E-state index in [0.29, 0.717) is 17.2 Å². The van der Waals surface area contributed by atoms with Crippen LogP contribution in [0.5, 0.6) is 5.75 Å². The Balaban J connectivity index is 2.95. The van der Waals surface area contributed by atoms with Crippen molar-refractivity contribution in [3.05, 3.63) is 33.9 Å². The molecular formula is C9H10ClNO4. The van der Waals surface area contributed by atoms with Gasteiger partial charge in [0.05, 0.1) is 23.5 Å². The summed E-state index contributed by atoms with van der Waals surface area (Å²) in [7, 11) is 0. The first kappa shape index (κ1) is 11.7. The number of rotatable bonds is 5. The van der Waals surface area contributed by atoms with Crippen molar-refractivity contribution in [3.8, 4) is 5.75 Å². The Hall–Kier alpha value is -1.33. The first-order valence-corrected chi connectivity index (χ1v) is 4.79. The summed E-state index contributed by atoms with van der Waals surface area (Å²) in [5, 5.41) is 19.4. The van der Waals surface area contributed by atoms with Crippen molar-refractivity contribution in [2.24, 2.45) is 0 Å². The zero-order valence-electron chi connectivity index (χ0n) is 7.85. The maximum atomic E-state index is 10.5. The highest BCUT2D eigenvalue weighted by Crippen LogP contribution is 2.22. The van der Waals surface area contributed by atoms with Gasteiger partial charge < -0.3 is 9.84 Å². The van der Waals surface area contributed by atoms with Gasteiger partial charge in [0.25, 0.3) is 5.69 Å². The smallest absolute Gasteiger partial charge is 0.273 e. The van der Waals surface area contributed by atoms with Crippen LogP contribution in [0, 0.1) is 10.1 Å². The Bertz CT molecular complexity index is 356. The highest BCUT2D eigenvalue weighted by atomic mass is 35.5. The van der Waals surface area contributed by atoms with E-state index in [1.807, 2.05) is 0 Å². The second kappa shape index (κ2) is 5.53. The summed E-state index contributed by atoms with van der Waals surface area (Å²) >= 11 is 5.42. The number of ether oxygens (including phenoxy) is 1. The summed E-state index contributed by atoms with van der Waals surface area (Å²) in [4.78, 5) is 10.0. The summed E-state index contributed by atoms with van der Waals surface area (Å²) in [6.45, 7) is 0.00646. The van der Waals surface area contributed by atoms with E-state index in [1.165, 1.54) is 12.1 Å². The Kier molecular flexibility index (Phi) is 4.33. The molecule has 0 atom stereocenters. The van der Waals surface area contributed by atoms with Gasteiger partial charge in [-0.25, -0.2) is 0 Å². The zero-order chi connectivity index (χ0) is 11.3.